The van der Waals surface area contributed by atoms with E-state index in [1.165, 1.54) is 0 Å². The number of nitro groups is 1. The second kappa shape index (κ2) is 7.21. The molecule has 2 rings (SSSR count). The van der Waals surface area contributed by atoms with Gasteiger partial charge < -0.3 is 15.0 Å². The molecule has 1 aromatic carbocycles. The summed E-state index contributed by atoms with van der Waals surface area (Å²) in [7, 11) is 0. The minimum atomic E-state index is -0.390. The molecule has 1 fully saturated rings. The summed E-state index contributed by atoms with van der Waals surface area (Å²) in [5.74, 6) is 0.362. The molecule has 1 aromatic rings. The summed E-state index contributed by atoms with van der Waals surface area (Å²) in [5, 5.41) is 14.3. The van der Waals surface area contributed by atoms with Gasteiger partial charge in [-0.05, 0) is 25.0 Å². The monoisotopic (exact) mass is 279 g/mol. The highest BCUT2D eigenvalue weighted by atomic mass is 16.6. The van der Waals surface area contributed by atoms with Gasteiger partial charge in [0.1, 0.15) is 0 Å². The van der Waals surface area contributed by atoms with E-state index in [-0.39, 0.29) is 5.69 Å². The average Bonchev–Trinajstić information content (AvgIpc) is 2.45. The highest BCUT2D eigenvalue weighted by Gasteiger charge is 2.15. The van der Waals surface area contributed by atoms with Crippen LogP contribution in [0, 0.1) is 17.0 Å². The Hall–Kier alpha value is -1.66. The second-order valence-corrected chi connectivity index (χ2v) is 5.02. The minimum Gasteiger partial charge on any atom is -0.487 e. The normalized spacial score (nSPS) is 16.1. The van der Waals surface area contributed by atoms with E-state index >= 15 is 0 Å². The molecule has 20 heavy (non-hydrogen) atoms. The first-order valence-corrected chi connectivity index (χ1v) is 6.98. The van der Waals surface area contributed by atoms with Crippen molar-refractivity contribution >= 4 is 5.69 Å². The van der Waals surface area contributed by atoms with Crippen molar-refractivity contribution in [2.45, 2.75) is 13.3 Å². The van der Waals surface area contributed by atoms with Gasteiger partial charge in [0.15, 0.2) is 5.75 Å². The zero-order chi connectivity index (χ0) is 14.4. The van der Waals surface area contributed by atoms with Gasteiger partial charge >= 0.3 is 5.69 Å². The lowest BCUT2D eigenvalue weighted by Crippen LogP contribution is -2.43. The van der Waals surface area contributed by atoms with Gasteiger partial charge in [0.25, 0.3) is 0 Å². The van der Waals surface area contributed by atoms with Crippen LogP contribution in [0.25, 0.3) is 0 Å². The number of hydrogen-bond donors (Lipinski definition) is 1. The van der Waals surface area contributed by atoms with Crippen molar-refractivity contribution in [1.82, 2.24) is 10.2 Å². The van der Waals surface area contributed by atoms with E-state index in [4.69, 9.17) is 4.74 Å². The van der Waals surface area contributed by atoms with E-state index in [0.717, 1.165) is 44.7 Å². The Labute approximate surface area is 118 Å². The van der Waals surface area contributed by atoms with Crippen molar-refractivity contribution in [1.29, 1.82) is 0 Å². The number of nitrogens with one attached hydrogen (secondary N) is 1. The van der Waals surface area contributed by atoms with E-state index in [1.54, 1.807) is 12.1 Å². The van der Waals surface area contributed by atoms with Crippen molar-refractivity contribution in [2.24, 2.45) is 0 Å². The molecule has 6 nitrogen and oxygen atoms in total. The number of ether oxygens (including phenoxy) is 1. The number of hydrogen-bond acceptors (Lipinski definition) is 5. The van der Waals surface area contributed by atoms with Crippen molar-refractivity contribution in [3.8, 4) is 5.75 Å². The molecule has 1 aliphatic rings. The van der Waals surface area contributed by atoms with Crippen LogP contribution in [0.1, 0.15) is 12.0 Å². The SMILES string of the molecule is Cc1ccc(OCCCN2CCNCC2)c([N+](=O)[O-])c1. The standard InChI is InChI=1S/C14H21N3O3/c1-12-3-4-14(13(11-12)17(18)19)20-10-2-7-16-8-5-15-6-9-16/h3-4,11,15H,2,5-10H2,1H3. The predicted molar refractivity (Wildman–Crippen MR) is 77.3 cm³/mol. The lowest BCUT2D eigenvalue weighted by molar-refractivity contribution is -0.385. The number of benzene rings is 1. The lowest BCUT2D eigenvalue weighted by Gasteiger charge is -2.26. The Balaban J connectivity index is 1.80. The Morgan fingerprint density at radius 3 is 2.85 bits per heavy atom. The summed E-state index contributed by atoms with van der Waals surface area (Å²) in [4.78, 5) is 13.0. The number of piperazine rings is 1. The van der Waals surface area contributed by atoms with Gasteiger partial charge in [0.05, 0.1) is 11.5 Å². The number of nitrogens with zero attached hydrogens (tertiary/aromatic N) is 2. The number of aryl methyl sites for hydroxylation is 1. The highest BCUT2D eigenvalue weighted by molar-refractivity contribution is 5.48. The molecule has 1 aliphatic heterocycles. The van der Waals surface area contributed by atoms with Crippen LogP contribution in [0.3, 0.4) is 0 Å². The topological polar surface area (TPSA) is 67.6 Å². The van der Waals surface area contributed by atoms with Crippen LogP contribution in [-0.2, 0) is 0 Å². The smallest absolute Gasteiger partial charge is 0.311 e. The third-order valence-corrected chi connectivity index (χ3v) is 3.40. The second-order valence-electron chi connectivity index (χ2n) is 5.02. The van der Waals surface area contributed by atoms with Crippen molar-refractivity contribution in [3.63, 3.8) is 0 Å². The highest BCUT2D eigenvalue weighted by Crippen LogP contribution is 2.27. The lowest BCUT2D eigenvalue weighted by atomic mass is 10.2. The quantitative estimate of drug-likeness (QED) is 0.486. The van der Waals surface area contributed by atoms with Crippen LogP contribution in [-0.4, -0.2) is 49.2 Å². The van der Waals surface area contributed by atoms with E-state index in [2.05, 4.69) is 10.2 Å². The Morgan fingerprint density at radius 1 is 1.40 bits per heavy atom. The molecule has 0 atom stereocenters. The van der Waals surface area contributed by atoms with Gasteiger partial charge in [-0.15, -0.1) is 0 Å². The summed E-state index contributed by atoms with van der Waals surface area (Å²) in [6, 6.07) is 5.06. The first-order valence-electron chi connectivity index (χ1n) is 6.98. The molecular weight excluding hydrogens is 258 g/mol. The van der Waals surface area contributed by atoms with Gasteiger partial charge in [-0.2, -0.15) is 0 Å². The van der Waals surface area contributed by atoms with E-state index in [0.29, 0.717) is 12.4 Å². The summed E-state index contributed by atoms with van der Waals surface area (Å²) in [5.41, 5.74) is 0.914. The molecule has 1 heterocycles. The third kappa shape index (κ3) is 4.18. The van der Waals surface area contributed by atoms with Crippen molar-refractivity contribution < 1.29 is 9.66 Å². The molecule has 6 heteroatoms. The van der Waals surface area contributed by atoms with Gasteiger partial charge in [-0.3, -0.25) is 10.1 Å². The van der Waals surface area contributed by atoms with Crippen molar-refractivity contribution in [2.75, 3.05) is 39.3 Å². The van der Waals surface area contributed by atoms with Gasteiger partial charge in [-0.1, -0.05) is 6.07 Å². The fraction of sp³-hybridized carbons (Fsp3) is 0.571. The van der Waals surface area contributed by atoms with Gasteiger partial charge in [0, 0.05) is 38.8 Å². The molecule has 0 aromatic heterocycles. The predicted octanol–water partition coefficient (Wildman–Crippen LogP) is 1.58. The van der Waals surface area contributed by atoms with Crippen LogP contribution in [0.2, 0.25) is 0 Å². The zero-order valence-corrected chi connectivity index (χ0v) is 11.8. The van der Waals surface area contributed by atoms with Crippen LogP contribution >= 0.6 is 0 Å². The number of nitro benzene ring substituents is 1. The van der Waals surface area contributed by atoms with Gasteiger partial charge in [-0.25, -0.2) is 0 Å². The minimum absolute atomic E-state index is 0.0483. The summed E-state index contributed by atoms with van der Waals surface area (Å²) < 4.78 is 5.56. The van der Waals surface area contributed by atoms with Crippen LogP contribution in [0.15, 0.2) is 18.2 Å². The van der Waals surface area contributed by atoms with E-state index in [1.807, 2.05) is 13.0 Å². The Morgan fingerprint density at radius 2 is 2.15 bits per heavy atom. The summed E-state index contributed by atoms with van der Waals surface area (Å²) in [6.07, 6.45) is 0.880. The first-order chi connectivity index (χ1) is 9.66. The van der Waals surface area contributed by atoms with E-state index < -0.39 is 4.92 Å². The Kier molecular flexibility index (Phi) is 5.31. The van der Waals surface area contributed by atoms with Crippen LogP contribution in [0.4, 0.5) is 5.69 Å². The molecule has 0 unspecified atom stereocenters. The molecule has 0 saturated carbocycles. The average molecular weight is 279 g/mol. The molecule has 0 aliphatic carbocycles. The maximum absolute atomic E-state index is 11.0. The van der Waals surface area contributed by atoms with Crippen LogP contribution < -0.4 is 10.1 Å². The number of rotatable bonds is 6. The zero-order valence-electron chi connectivity index (χ0n) is 11.8. The molecule has 0 amide bonds. The third-order valence-electron chi connectivity index (χ3n) is 3.40. The molecule has 1 N–H and O–H groups in total. The maximum atomic E-state index is 11.0. The Bertz CT molecular complexity index is 459. The molecular formula is C14H21N3O3. The molecule has 1 saturated heterocycles. The summed E-state index contributed by atoms with van der Waals surface area (Å²) >= 11 is 0. The fourth-order valence-corrected chi connectivity index (χ4v) is 2.30. The van der Waals surface area contributed by atoms with Crippen molar-refractivity contribution in [3.05, 3.63) is 33.9 Å². The fourth-order valence-electron chi connectivity index (χ4n) is 2.30. The van der Waals surface area contributed by atoms with Gasteiger partial charge in [0.2, 0.25) is 0 Å². The molecule has 110 valence electrons. The van der Waals surface area contributed by atoms with Crippen LogP contribution in [0.5, 0.6) is 5.75 Å². The molecule has 0 spiro atoms. The molecule has 0 bridgehead atoms. The maximum Gasteiger partial charge on any atom is 0.311 e. The first kappa shape index (κ1) is 14.7. The van der Waals surface area contributed by atoms with E-state index in [9.17, 15) is 10.1 Å². The summed E-state index contributed by atoms with van der Waals surface area (Å²) in [6.45, 7) is 7.50. The largest absolute Gasteiger partial charge is 0.487 e. The molecule has 0 radical (unpaired) electrons.